The average Bonchev–Trinajstić information content (AvgIpc) is 3.36. The van der Waals surface area contributed by atoms with Gasteiger partial charge in [-0.15, -0.1) is 0 Å². The molecule has 3 atom stereocenters. The molecule has 2 amide bonds. The number of hydrogen-bond donors (Lipinski definition) is 2. The molecule has 0 radical (unpaired) electrons. The number of anilines is 1. The Kier molecular flexibility index (Phi) is 6.46. The Balaban J connectivity index is 1.30. The number of aliphatic hydroxyl groups excluding tert-OH is 1. The maximum atomic E-state index is 13.8. The number of aliphatic hydroxyl groups is 1. The molecule has 6 rings (SSSR count). The van der Waals surface area contributed by atoms with Crippen molar-refractivity contribution in [1.82, 2.24) is 29.6 Å². The van der Waals surface area contributed by atoms with Crippen molar-refractivity contribution in [3.8, 4) is 11.1 Å². The van der Waals surface area contributed by atoms with Crippen molar-refractivity contribution in [2.75, 3.05) is 11.9 Å². The molecule has 1 saturated carbocycles. The van der Waals surface area contributed by atoms with E-state index in [1.165, 1.54) is 11.6 Å². The van der Waals surface area contributed by atoms with Gasteiger partial charge in [0.25, 0.3) is 0 Å². The van der Waals surface area contributed by atoms with Gasteiger partial charge in [-0.25, -0.2) is 15.0 Å². The number of benzene rings is 1. The molecule has 1 aromatic carbocycles. The number of halogens is 1. The first-order chi connectivity index (χ1) is 19.2. The third kappa shape index (κ3) is 4.56. The number of pyridine rings is 1. The Hall–Kier alpha value is -4.03. The number of carbonyl (C=O) groups excluding carboxylic acids is 3. The fourth-order valence-electron chi connectivity index (χ4n) is 5.62. The Labute approximate surface area is 237 Å². The molecule has 4 aromatic rings. The van der Waals surface area contributed by atoms with E-state index in [0.29, 0.717) is 40.0 Å². The number of carbonyl (C=O) groups is 3. The highest BCUT2D eigenvalue weighted by molar-refractivity contribution is 9.10. The number of aromatic nitrogens is 5. The van der Waals surface area contributed by atoms with Crippen LogP contribution in [0.5, 0.6) is 0 Å². The van der Waals surface area contributed by atoms with Crippen molar-refractivity contribution in [3.63, 3.8) is 0 Å². The standard InChI is InChI=1S/C28H26BrN7O4/c1-15(38)26-19-8-17(18-11-30-16(2)31-12-18)6-7-20(19)35(34-26)13-25(39)36-21(9-28(14-37)10-22(28)36)27(40)33-24-5-3-4-23(29)32-24/h3-8,11-12,21-22,37H,9-10,13-14H2,1-2H3,(H,32,33,40)/t21-,22+,28-/m0/s1. The van der Waals surface area contributed by atoms with Crippen molar-refractivity contribution in [2.45, 2.75) is 45.3 Å². The van der Waals surface area contributed by atoms with Crippen molar-refractivity contribution in [3.05, 3.63) is 64.9 Å². The summed E-state index contributed by atoms with van der Waals surface area (Å²) in [6.07, 6.45) is 4.43. The number of amides is 2. The summed E-state index contributed by atoms with van der Waals surface area (Å²) in [6.45, 7) is 2.98. The molecule has 2 fully saturated rings. The minimum atomic E-state index is -0.763. The Morgan fingerprint density at radius 1 is 1.12 bits per heavy atom. The summed E-state index contributed by atoms with van der Waals surface area (Å²) < 4.78 is 2.08. The molecule has 40 heavy (non-hydrogen) atoms. The van der Waals surface area contributed by atoms with E-state index in [1.54, 1.807) is 42.4 Å². The first kappa shape index (κ1) is 26.2. The fourth-order valence-corrected chi connectivity index (χ4v) is 5.96. The van der Waals surface area contributed by atoms with Crippen LogP contribution in [0.3, 0.4) is 0 Å². The first-order valence-electron chi connectivity index (χ1n) is 12.8. The molecule has 11 nitrogen and oxygen atoms in total. The number of aryl methyl sites for hydroxylation is 1. The molecule has 4 heterocycles. The largest absolute Gasteiger partial charge is 0.396 e. The summed E-state index contributed by atoms with van der Waals surface area (Å²) in [5.41, 5.74) is 2.02. The first-order valence-corrected chi connectivity index (χ1v) is 13.6. The van der Waals surface area contributed by atoms with Gasteiger partial charge in [0.1, 0.15) is 34.5 Å². The van der Waals surface area contributed by atoms with E-state index in [9.17, 15) is 19.5 Å². The second-order valence-corrected chi connectivity index (χ2v) is 11.2. The number of ketones is 1. The Morgan fingerprint density at radius 3 is 2.60 bits per heavy atom. The van der Waals surface area contributed by atoms with Crippen LogP contribution in [0.4, 0.5) is 5.82 Å². The minimum absolute atomic E-state index is 0.106. The summed E-state index contributed by atoms with van der Waals surface area (Å²) in [5, 5.41) is 18.0. The van der Waals surface area contributed by atoms with E-state index in [2.05, 4.69) is 41.3 Å². The second-order valence-electron chi connectivity index (χ2n) is 10.4. The van der Waals surface area contributed by atoms with E-state index in [1.807, 2.05) is 18.2 Å². The molecule has 0 unspecified atom stereocenters. The lowest BCUT2D eigenvalue weighted by Gasteiger charge is -2.26. The number of piperidine rings is 1. The van der Waals surface area contributed by atoms with Gasteiger partial charge in [0, 0.05) is 41.7 Å². The summed E-state index contributed by atoms with van der Waals surface area (Å²) in [4.78, 5) is 53.9. The number of likely N-dealkylation sites (tertiary alicyclic amines) is 1. The van der Waals surface area contributed by atoms with Gasteiger partial charge in [-0.2, -0.15) is 5.10 Å². The van der Waals surface area contributed by atoms with Crippen LogP contribution in [-0.4, -0.2) is 71.0 Å². The molecular formula is C28H26BrN7O4. The van der Waals surface area contributed by atoms with E-state index in [0.717, 1.165) is 11.1 Å². The number of nitrogens with zero attached hydrogens (tertiary/aromatic N) is 6. The second kappa shape index (κ2) is 9.86. The predicted molar refractivity (Wildman–Crippen MR) is 149 cm³/mol. The molecule has 2 N–H and O–H groups in total. The third-order valence-corrected chi connectivity index (χ3v) is 8.21. The highest BCUT2D eigenvalue weighted by Gasteiger charge is 2.66. The van der Waals surface area contributed by atoms with E-state index >= 15 is 0 Å². The molecule has 2 aliphatic rings. The van der Waals surface area contributed by atoms with E-state index in [-0.39, 0.29) is 42.5 Å². The molecule has 1 aliphatic carbocycles. The number of fused-ring (bicyclic) bond motifs is 2. The summed E-state index contributed by atoms with van der Waals surface area (Å²) >= 11 is 3.30. The maximum absolute atomic E-state index is 13.8. The van der Waals surface area contributed by atoms with Gasteiger partial charge in [-0.1, -0.05) is 12.1 Å². The minimum Gasteiger partial charge on any atom is -0.396 e. The van der Waals surface area contributed by atoms with Crippen LogP contribution in [0.15, 0.2) is 53.4 Å². The van der Waals surface area contributed by atoms with Crippen LogP contribution >= 0.6 is 15.9 Å². The van der Waals surface area contributed by atoms with Gasteiger partial charge in [-0.3, -0.25) is 19.1 Å². The predicted octanol–water partition coefficient (Wildman–Crippen LogP) is 3.15. The van der Waals surface area contributed by atoms with Crippen LogP contribution in [0.2, 0.25) is 0 Å². The number of nitrogens with one attached hydrogen (secondary N) is 1. The monoisotopic (exact) mass is 603 g/mol. The van der Waals surface area contributed by atoms with Crippen LogP contribution in [0, 0.1) is 12.3 Å². The van der Waals surface area contributed by atoms with Gasteiger partial charge in [-0.05, 0) is 65.5 Å². The van der Waals surface area contributed by atoms with E-state index in [4.69, 9.17) is 0 Å². The smallest absolute Gasteiger partial charge is 0.248 e. The molecule has 0 spiro atoms. The molecule has 1 aliphatic heterocycles. The normalized spacial score (nSPS) is 21.4. The van der Waals surface area contributed by atoms with Crippen molar-refractivity contribution < 1.29 is 19.5 Å². The van der Waals surface area contributed by atoms with E-state index < -0.39 is 11.5 Å². The number of hydrogen-bond acceptors (Lipinski definition) is 8. The lowest BCUT2D eigenvalue weighted by atomic mass is 10.0. The molecule has 0 bridgehead atoms. The lowest BCUT2D eigenvalue weighted by molar-refractivity contribution is -0.138. The average molecular weight is 604 g/mol. The molecule has 1 saturated heterocycles. The van der Waals surface area contributed by atoms with Crippen LogP contribution in [-0.2, 0) is 16.1 Å². The molecule has 3 aromatic heterocycles. The quantitative estimate of drug-likeness (QED) is 0.242. The zero-order valence-corrected chi connectivity index (χ0v) is 23.4. The van der Waals surface area contributed by atoms with Crippen LogP contribution < -0.4 is 5.32 Å². The SMILES string of the molecule is CC(=O)c1nn(CC(=O)N2[C@H](C(=O)Nc3cccc(Br)n3)C[C@@]3(CO)C[C@@H]23)c2ccc(-c3cnc(C)nc3)cc12. The van der Waals surface area contributed by atoms with Gasteiger partial charge in [0.05, 0.1) is 12.1 Å². The maximum Gasteiger partial charge on any atom is 0.248 e. The highest BCUT2D eigenvalue weighted by Crippen LogP contribution is 2.59. The lowest BCUT2D eigenvalue weighted by Crippen LogP contribution is -2.46. The van der Waals surface area contributed by atoms with Gasteiger partial charge >= 0.3 is 0 Å². The Morgan fingerprint density at radius 2 is 1.90 bits per heavy atom. The topological polar surface area (TPSA) is 143 Å². The van der Waals surface area contributed by atoms with Crippen LogP contribution in [0.1, 0.15) is 36.1 Å². The summed E-state index contributed by atoms with van der Waals surface area (Å²) in [6, 6.07) is 9.71. The Bertz CT molecular complexity index is 1670. The van der Waals surface area contributed by atoms with Gasteiger partial charge in [0.15, 0.2) is 5.78 Å². The summed E-state index contributed by atoms with van der Waals surface area (Å²) in [7, 11) is 0. The molecule has 204 valence electrons. The third-order valence-electron chi connectivity index (χ3n) is 7.77. The van der Waals surface area contributed by atoms with Crippen LogP contribution in [0.25, 0.3) is 22.0 Å². The summed E-state index contributed by atoms with van der Waals surface area (Å²) in [5.74, 6) is 0.122. The number of Topliss-reactive ketones (excluding diaryl/α,β-unsaturated/α-hetero) is 1. The van der Waals surface area contributed by atoms with Crippen molar-refractivity contribution >= 4 is 50.2 Å². The van der Waals surface area contributed by atoms with Crippen molar-refractivity contribution in [2.24, 2.45) is 5.41 Å². The van der Waals surface area contributed by atoms with Gasteiger partial charge < -0.3 is 15.3 Å². The molecular weight excluding hydrogens is 578 g/mol. The van der Waals surface area contributed by atoms with Crippen molar-refractivity contribution in [1.29, 1.82) is 0 Å². The number of rotatable bonds is 7. The van der Waals surface area contributed by atoms with Gasteiger partial charge in [0.2, 0.25) is 11.8 Å². The fraction of sp³-hybridized carbons (Fsp3) is 0.321. The highest BCUT2D eigenvalue weighted by atomic mass is 79.9. The zero-order valence-electron chi connectivity index (χ0n) is 21.8. The zero-order chi connectivity index (χ0) is 28.2. The molecule has 12 heteroatoms.